The molecule has 0 saturated heterocycles. The van der Waals surface area contributed by atoms with Crippen LogP contribution in [-0.2, 0) is 4.74 Å². The van der Waals surface area contributed by atoms with Gasteiger partial charge in [-0.1, -0.05) is 24.3 Å². The average Bonchev–Trinajstić information content (AvgIpc) is 2.69. The van der Waals surface area contributed by atoms with E-state index in [0.29, 0.717) is 5.69 Å². The number of carbonyl (C=O) groups is 2. The molecule has 0 spiro atoms. The van der Waals surface area contributed by atoms with Crippen molar-refractivity contribution in [1.29, 1.82) is 0 Å². The molecular weight excluding hydrogens is 384 g/mol. The van der Waals surface area contributed by atoms with Crippen LogP contribution in [0.3, 0.4) is 0 Å². The largest absolute Gasteiger partial charge is 0.461 e. The zero-order valence-corrected chi connectivity index (χ0v) is 15.2. The number of halogens is 2. The summed E-state index contributed by atoms with van der Waals surface area (Å²) in [5, 5.41) is 6.15. The molecule has 29 heavy (non-hydrogen) atoms. The van der Waals surface area contributed by atoms with E-state index in [9.17, 15) is 23.2 Å². The van der Waals surface area contributed by atoms with Crippen molar-refractivity contribution in [3.8, 4) is 5.69 Å². The van der Waals surface area contributed by atoms with E-state index in [1.54, 1.807) is 37.3 Å². The fourth-order valence-corrected chi connectivity index (χ4v) is 2.56. The van der Waals surface area contributed by atoms with Crippen LogP contribution in [0.15, 0.2) is 59.4 Å². The standard InChI is InChI=1S/C20H15F2N3O4/c1-2-29-20(28)18-15(23-19(27)17-13(21)9-6-10-14(17)22)11-16(26)25(24-18)12-7-4-3-5-8-12/h3-11H,2H2,1H3,(H,23,27). The number of benzene rings is 2. The number of hydrogen-bond donors (Lipinski definition) is 1. The van der Waals surface area contributed by atoms with Crippen molar-refractivity contribution in [1.82, 2.24) is 9.78 Å². The van der Waals surface area contributed by atoms with Crippen LogP contribution < -0.4 is 10.9 Å². The smallest absolute Gasteiger partial charge is 0.360 e. The molecule has 3 rings (SSSR count). The Bertz CT molecular complexity index is 1110. The maximum absolute atomic E-state index is 13.9. The normalized spacial score (nSPS) is 10.4. The fraction of sp³-hybridized carbons (Fsp3) is 0.100. The van der Waals surface area contributed by atoms with E-state index < -0.39 is 34.6 Å². The van der Waals surface area contributed by atoms with E-state index in [0.717, 1.165) is 28.9 Å². The number of nitrogens with zero attached hydrogens (tertiary/aromatic N) is 2. The first kappa shape index (κ1) is 19.9. The van der Waals surface area contributed by atoms with Crippen LogP contribution in [0, 0.1) is 11.6 Å². The summed E-state index contributed by atoms with van der Waals surface area (Å²) in [6.07, 6.45) is 0. The first-order valence-corrected chi connectivity index (χ1v) is 8.54. The highest BCUT2D eigenvalue weighted by Gasteiger charge is 2.23. The van der Waals surface area contributed by atoms with Gasteiger partial charge in [-0.3, -0.25) is 9.59 Å². The summed E-state index contributed by atoms with van der Waals surface area (Å²) >= 11 is 0. The van der Waals surface area contributed by atoms with Crippen LogP contribution in [0.1, 0.15) is 27.8 Å². The van der Waals surface area contributed by atoms with Crippen molar-refractivity contribution in [3.63, 3.8) is 0 Å². The van der Waals surface area contributed by atoms with Gasteiger partial charge < -0.3 is 10.1 Å². The van der Waals surface area contributed by atoms with E-state index in [4.69, 9.17) is 4.74 Å². The van der Waals surface area contributed by atoms with Crippen LogP contribution in [0.4, 0.5) is 14.5 Å². The van der Waals surface area contributed by atoms with Gasteiger partial charge in [-0.05, 0) is 31.2 Å². The maximum Gasteiger partial charge on any atom is 0.360 e. The number of nitrogens with one attached hydrogen (secondary N) is 1. The molecule has 148 valence electrons. The number of anilines is 1. The van der Waals surface area contributed by atoms with Gasteiger partial charge in [-0.2, -0.15) is 9.78 Å². The molecule has 1 heterocycles. The Kier molecular flexibility index (Phi) is 5.77. The molecule has 1 N–H and O–H groups in total. The van der Waals surface area contributed by atoms with Crippen LogP contribution in [0.2, 0.25) is 0 Å². The van der Waals surface area contributed by atoms with Crippen molar-refractivity contribution in [2.24, 2.45) is 0 Å². The number of rotatable bonds is 5. The monoisotopic (exact) mass is 399 g/mol. The second-order valence-electron chi connectivity index (χ2n) is 5.76. The lowest BCUT2D eigenvalue weighted by molar-refractivity contribution is 0.0518. The van der Waals surface area contributed by atoms with E-state index in [-0.39, 0.29) is 18.0 Å². The predicted molar refractivity (Wildman–Crippen MR) is 100 cm³/mol. The van der Waals surface area contributed by atoms with Crippen molar-refractivity contribution >= 4 is 17.6 Å². The van der Waals surface area contributed by atoms with Gasteiger partial charge in [0.15, 0.2) is 5.69 Å². The third-order valence-electron chi connectivity index (χ3n) is 3.84. The maximum atomic E-state index is 13.9. The van der Waals surface area contributed by atoms with Crippen LogP contribution in [0.25, 0.3) is 5.69 Å². The van der Waals surface area contributed by atoms with E-state index in [2.05, 4.69) is 10.4 Å². The summed E-state index contributed by atoms with van der Waals surface area (Å²) in [6.45, 7) is 1.58. The Morgan fingerprint density at radius 3 is 2.34 bits per heavy atom. The molecule has 0 atom stereocenters. The van der Waals surface area contributed by atoms with Gasteiger partial charge >= 0.3 is 5.97 Å². The highest BCUT2D eigenvalue weighted by Crippen LogP contribution is 2.18. The molecular formula is C20H15F2N3O4. The molecule has 2 aromatic carbocycles. The number of amides is 1. The molecule has 3 aromatic rings. The molecule has 7 nitrogen and oxygen atoms in total. The molecule has 0 aliphatic carbocycles. The summed E-state index contributed by atoms with van der Waals surface area (Å²) in [5.74, 6) is -4.28. The SMILES string of the molecule is CCOC(=O)c1nn(-c2ccccc2)c(=O)cc1NC(=O)c1c(F)cccc1F. The number of esters is 1. The summed E-state index contributed by atoms with van der Waals surface area (Å²) in [5.41, 5.74) is -1.86. The van der Waals surface area contributed by atoms with E-state index in [1.165, 1.54) is 0 Å². The average molecular weight is 399 g/mol. The number of hydrogen-bond acceptors (Lipinski definition) is 5. The molecule has 0 aliphatic rings. The van der Waals surface area contributed by atoms with Crippen molar-refractivity contribution in [2.75, 3.05) is 11.9 Å². The quantitative estimate of drug-likeness (QED) is 0.667. The highest BCUT2D eigenvalue weighted by atomic mass is 19.1. The van der Waals surface area contributed by atoms with Crippen molar-refractivity contribution < 1.29 is 23.1 Å². The third kappa shape index (κ3) is 4.18. The molecule has 0 radical (unpaired) electrons. The third-order valence-corrected chi connectivity index (χ3v) is 3.84. The van der Waals surface area contributed by atoms with Crippen molar-refractivity contribution in [3.05, 3.63) is 87.8 Å². The zero-order chi connectivity index (χ0) is 21.0. The minimum Gasteiger partial charge on any atom is -0.461 e. The van der Waals surface area contributed by atoms with Crippen LogP contribution in [0.5, 0.6) is 0 Å². The van der Waals surface area contributed by atoms with Gasteiger partial charge in [-0.25, -0.2) is 13.6 Å². The molecule has 0 aliphatic heterocycles. The van der Waals surface area contributed by atoms with Crippen molar-refractivity contribution in [2.45, 2.75) is 6.92 Å². The first-order chi connectivity index (χ1) is 13.9. The van der Waals surface area contributed by atoms with Gasteiger partial charge in [0.2, 0.25) is 0 Å². The minimum atomic E-state index is -1.18. The molecule has 9 heteroatoms. The summed E-state index contributed by atoms with van der Waals surface area (Å²) < 4.78 is 33.6. The molecule has 0 saturated carbocycles. The molecule has 0 bridgehead atoms. The lowest BCUT2D eigenvalue weighted by Gasteiger charge is -2.13. The predicted octanol–water partition coefficient (Wildman–Crippen LogP) is 2.94. The molecule has 0 unspecified atom stereocenters. The zero-order valence-electron chi connectivity index (χ0n) is 15.2. The lowest BCUT2D eigenvalue weighted by atomic mass is 10.1. The van der Waals surface area contributed by atoms with Gasteiger partial charge in [0.05, 0.1) is 18.0 Å². The number of ether oxygens (including phenoxy) is 1. The second-order valence-corrected chi connectivity index (χ2v) is 5.76. The number of carbonyl (C=O) groups excluding carboxylic acids is 2. The summed E-state index contributed by atoms with van der Waals surface area (Å²) in [7, 11) is 0. The minimum absolute atomic E-state index is 0.0142. The van der Waals surface area contributed by atoms with Gasteiger partial charge in [0, 0.05) is 6.07 Å². The molecule has 0 fully saturated rings. The summed E-state index contributed by atoms with van der Waals surface area (Å²) in [6, 6.07) is 12.1. The topological polar surface area (TPSA) is 90.3 Å². The van der Waals surface area contributed by atoms with E-state index >= 15 is 0 Å². The Morgan fingerprint density at radius 2 is 1.72 bits per heavy atom. The fourth-order valence-electron chi connectivity index (χ4n) is 2.56. The van der Waals surface area contributed by atoms with Gasteiger partial charge in [-0.15, -0.1) is 0 Å². The first-order valence-electron chi connectivity index (χ1n) is 8.54. The molecule has 1 amide bonds. The van der Waals surface area contributed by atoms with Gasteiger partial charge in [0.1, 0.15) is 17.2 Å². The lowest BCUT2D eigenvalue weighted by Crippen LogP contribution is -2.27. The highest BCUT2D eigenvalue weighted by molar-refractivity contribution is 6.07. The van der Waals surface area contributed by atoms with Gasteiger partial charge in [0.25, 0.3) is 11.5 Å². The second kappa shape index (κ2) is 8.42. The number of aromatic nitrogens is 2. The number of para-hydroxylation sites is 1. The Morgan fingerprint density at radius 1 is 1.07 bits per heavy atom. The van der Waals surface area contributed by atoms with E-state index in [1.807, 2.05) is 0 Å². The summed E-state index contributed by atoms with van der Waals surface area (Å²) in [4.78, 5) is 37.2. The van der Waals surface area contributed by atoms with Crippen LogP contribution >= 0.6 is 0 Å². The Balaban J connectivity index is 2.08. The Hall–Kier alpha value is -3.88. The van der Waals surface area contributed by atoms with Crippen LogP contribution in [-0.4, -0.2) is 28.3 Å². The molecule has 1 aromatic heterocycles. The Labute approximate surface area is 163 Å².